The highest BCUT2D eigenvalue weighted by Crippen LogP contribution is 2.23. The normalized spacial score (nSPS) is 21.2. The minimum atomic E-state index is -0.952. The minimum absolute atomic E-state index is 0.0788. The largest absolute Gasteiger partial charge is 0.378 e. The maximum absolute atomic E-state index is 13.2. The number of ether oxygens (including phenoxy) is 1. The van der Waals surface area contributed by atoms with Gasteiger partial charge in [0.2, 0.25) is 5.82 Å². The van der Waals surface area contributed by atoms with Gasteiger partial charge >= 0.3 is 5.69 Å². The Balaban J connectivity index is 2.00. The van der Waals surface area contributed by atoms with Crippen LogP contribution in [-0.4, -0.2) is 30.1 Å². The number of rotatable bonds is 5. The molecule has 114 valence electrons. The lowest BCUT2D eigenvalue weighted by molar-refractivity contribution is -0.387. The van der Waals surface area contributed by atoms with Gasteiger partial charge in [0.05, 0.1) is 11.0 Å². The summed E-state index contributed by atoms with van der Waals surface area (Å²) in [5, 5.41) is 13.4. The second kappa shape index (κ2) is 6.62. The summed E-state index contributed by atoms with van der Waals surface area (Å²) in [6, 6.07) is 3.12. The van der Waals surface area contributed by atoms with Crippen LogP contribution in [0.3, 0.4) is 0 Å². The summed E-state index contributed by atoms with van der Waals surface area (Å²) >= 11 is 0. The average Bonchev–Trinajstić information content (AvgIpc) is 2.92. The van der Waals surface area contributed by atoms with Gasteiger partial charge in [-0.2, -0.15) is 4.39 Å². The van der Waals surface area contributed by atoms with E-state index in [1.54, 1.807) is 0 Å². The number of nitro groups is 1. The molecule has 1 N–H and O–H groups in total. The first-order valence-corrected chi connectivity index (χ1v) is 6.86. The van der Waals surface area contributed by atoms with Gasteiger partial charge in [0, 0.05) is 30.7 Å². The van der Waals surface area contributed by atoms with Crippen molar-refractivity contribution < 1.29 is 18.8 Å². The second-order valence-corrected chi connectivity index (χ2v) is 5.00. The number of carbonyl (C=O) groups excluding carboxylic acids is 1. The molecule has 0 spiro atoms. The van der Waals surface area contributed by atoms with E-state index >= 15 is 0 Å². The van der Waals surface area contributed by atoms with Crippen molar-refractivity contribution in [2.75, 3.05) is 13.2 Å². The van der Waals surface area contributed by atoms with Crippen LogP contribution in [0.4, 0.5) is 10.1 Å². The molecule has 7 heteroatoms. The zero-order chi connectivity index (χ0) is 15.4. The quantitative estimate of drug-likeness (QED) is 0.667. The number of nitro benzene ring substituents is 1. The Kier molecular flexibility index (Phi) is 4.85. The van der Waals surface area contributed by atoms with Crippen molar-refractivity contribution in [1.82, 2.24) is 5.32 Å². The third kappa shape index (κ3) is 3.55. The summed E-state index contributed by atoms with van der Waals surface area (Å²) in [7, 11) is 0. The molecule has 2 unspecified atom stereocenters. The molecule has 1 aromatic carbocycles. The van der Waals surface area contributed by atoms with Crippen molar-refractivity contribution in [3.8, 4) is 0 Å². The zero-order valence-corrected chi connectivity index (χ0v) is 11.7. The topological polar surface area (TPSA) is 81.5 Å². The van der Waals surface area contributed by atoms with Gasteiger partial charge in [-0.25, -0.2) is 0 Å². The monoisotopic (exact) mass is 296 g/mol. The van der Waals surface area contributed by atoms with Crippen LogP contribution in [-0.2, 0) is 4.74 Å². The lowest BCUT2D eigenvalue weighted by Crippen LogP contribution is -2.32. The van der Waals surface area contributed by atoms with E-state index in [1.807, 2.05) is 6.92 Å². The number of hydrogen-bond acceptors (Lipinski definition) is 4. The summed E-state index contributed by atoms with van der Waals surface area (Å²) in [4.78, 5) is 21.8. The summed E-state index contributed by atoms with van der Waals surface area (Å²) < 4.78 is 18.8. The SMILES string of the molecule is CCC1OCCC1CNC(=O)c1ccc(F)c([N+](=O)[O-])c1. The van der Waals surface area contributed by atoms with Gasteiger partial charge in [-0.15, -0.1) is 0 Å². The number of carbonyl (C=O) groups is 1. The average molecular weight is 296 g/mol. The zero-order valence-electron chi connectivity index (χ0n) is 11.7. The minimum Gasteiger partial charge on any atom is -0.378 e. The number of amides is 1. The lowest BCUT2D eigenvalue weighted by Gasteiger charge is -2.17. The van der Waals surface area contributed by atoms with Crippen LogP contribution < -0.4 is 5.32 Å². The Bertz CT molecular complexity index is 550. The van der Waals surface area contributed by atoms with E-state index in [0.29, 0.717) is 13.2 Å². The molecule has 1 heterocycles. The van der Waals surface area contributed by atoms with Gasteiger partial charge in [0.1, 0.15) is 0 Å². The molecule has 0 bridgehead atoms. The summed E-state index contributed by atoms with van der Waals surface area (Å²) in [6.07, 6.45) is 1.89. The van der Waals surface area contributed by atoms with E-state index in [9.17, 15) is 19.3 Å². The molecule has 1 aliphatic heterocycles. The van der Waals surface area contributed by atoms with Gasteiger partial charge < -0.3 is 10.1 Å². The van der Waals surface area contributed by atoms with Crippen molar-refractivity contribution in [3.05, 3.63) is 39.7 Å². The maximum atomic E-state index is 13.2. The fourth-order valence-corrected chi connectivity index (χ4v) is 2.50. The Morgan fingerprint density at radius 2 is 2.33 bits per heavy atom. The number of nitrogens with one attached hydrogen (secondary N) is 1. The van der Waals surface area contributed by atoms with E-state index in [0.717, 1.165) is 25.0 Å². The fourth-order valence-electron chi connectivity index (χ4n) is 2.50. The summed E-state index contributed by atoms with van der Waals surface area (Å²) in [6.45, 7) is 3.15. The number of hydrogen-bond donors (Lipinski definition) is 1. The summed E-state index contributed by atoms with van der Waals surface area (Å²) in [5.41, 5.74) is -0.617. The fraction of sp³-hybridized carbons (Fsp3) is 0.500. The molecule has 2 atom stereocenters. The third-order valence-electron chi connectivity index (χ3n) is 3.68. The molecule has 0 radical (unpaired) electrons. The van der Waals surface area contributed by atoms with Crippen molar-refractivity contribution in [2.24, 2.45) is 5.92 Å². The Morgan fingerprint density at radius 3 is 3.00 bits per heavy atom. The molecule has 21 heavy (non-hydrogen) atoms. The Morgan fingerprint density at radius 1 is 1.57 bits per heavy atom. The first kappa shape index (κ1) is 15.4. The molecule has 1 aliphatic rings. The summed E-state index contributed by atoms with van der Waals surface area (Å²) in [5.74, 6) is -1.15. The molecule has 1 fully saturated rings. The van der Waals surface area contributed by atoms with Crippen LogP contribution >= 0.6 is 0 Å². The van der Waals surface area contributed by atoms with Gasteiger partial charge in [-0.05, 0) is 25.0 Å². The highest BCUT2D eigenvalue weighted by molar-refractivity contribution is 5.94. The van der Waals surface area contributed by atoms with Crippen molar-refractivity contribution in [3.63, 3.8) is 0 Å². The van der Waals surface area contributed by atoms with E-state index in [-0.39, 0.29) is 17.6 Å². The molecule has 6 nitrogen and oxygen atoms in total. The Hall–Kier alpha value is -2.02. The van der Waals surface area contributed by atoms with Crippen molar-refractivity contribution in [1.29, 1.82) is 0 Å². The lowest BCUT2D eigenvalue weighted by atomic mass is 9.99. The number of halogens is 1. The van der Waals surface area contributed by atoms with E-state index < -0.39 is 22.3 Å². The number of benzene rings is 1. The second-order valence-electron chi connectivity index (χ2n) is 5.00. The molecule has 2 rings (SSSR count). The molecule has 1 saturated heterocycles. The molecular formula is C14H17FN2O4. The van der Waals surface area contributed by atoms with Gasteiger partial charge in [-0.3, -0.25) is 14.9 Å². The van der Waals surface area contributed by atoms with Crippen molar-refractivity contribution in [2.45, 2.75) is 25.9 Å². The highest BCUT2D eigenvalue weighted by atomic mass is 19.1. The number of nitrogens with zero attached hydrogens (tertiary/aromatic N) is 1. The molecule has 0 aromatic heterocycles. The molecular weight excluding hydrogens is 279 g/mol. The first-order chi connectivity index (χ1) is 10.0. The van der Waals surface area contributed by atoms with Crippen LogP contribution in [0.15, 0.2) is 18.2 Å². The molecule has 1 amide bonds. The maximum Gasteiger partial charge on any atom is 0.305 e. The third-order valence-corrected chi connectivity index (χ3v) is 3.68. The van der Waals surface area contributed by atoms with E-state index in [2.05, 4.69) is 5.32 Å². The van der Waals surface area contributed by atoms with Crippen LogP contribution in [0.1, 0.15) is 30.1 Å². The van der Waals surface area contributed by atoms with Crippen molar-refractivity contribution >= 4 is 11.6 Å². The van der Waals surface area contributed by atoms with Gasteiger partial charge in [-0.1, -0.05) is 6.92 Å². The van der Waals surface area contributed by atoms with Crippen LogP contribution in [0.25, 0.3) is 0 Å². The van der Waals surface area contributed by atoms with Gasteiger partial charge in [0.15, 0.2) is 0 Å². The van der Waals surface area contributed by atoms with Crippen LogP contribution in [0, 0.1) is 21.8 Å². The molecule has 0 saturated carbocycles. The highest BCUT2D eigenvalue weighted by Gasteiger charge is 2.27. The Labute approximate surface area is 121 Å². The molecule has 0 aliphatic carbocycles. The predicted octanol–water partition coefficient (Wildman–Crippen LogP) is 2.28. The van der Waals surface area contributed by atoms with Crippen LogP contribution in [0.5, 0.6) is 0 Å². The molecule has 1 aromatic rings. The smallest absolute Gasteiger partial charge is 0.305 e. The van der Waals surface area contributed by atoms with Crippen LogP contribution in [0.2, 0.25) is 0 Å². The predicted molar refractivity (Wildman–Crippen MR) is 73.5 cm³/mol. The van der Waals surface area contributed by atoms with E-state index in [1.165, 1.54) is 6.07 Å². The van der Waals surface area contributed by atoms with E-state index in [4.69, 9.17) is 4.74 Å². The standard InChI is InChI=1S/C14H17FN2O4/c1-2-13-10(5-6-21-13)8-16-14(18)9-3-4-11(15)12(7-9)17(19)20/h3-4,7,10,13H,2,5-6,8H2,1H3,(H,16,18). The first-order valence-electron chi connectivity index (χ1n) is 6.86. The van der Waals surface area contributed by atoms with Gasteiger partial charge in [0.25, 0.3) is 5.91 Å².